The Labute approximate surface area is 203 Å². The fourth-order valence-corrected chi connectivity index (χ4v) is 3.79. The first-order chi connectivity index (χ1) is 17.3. The Bertz CT molecular complexity index is 1480. The van der Waals surface area contributed by atoms with E-state index in [0.717, 1.165) is 33.3 Å². The van der Waals surface area contributed by atoms with Crippen LogP contribution in [0.5, 0.6) is 5.75 Å². The van der Waals surface area contributed by atoms with Crippen molar-refractivity contribution in [2.45, 2.75) is 6.61 Å². The molecule has 0 spiro atoms. The van der Waals surface area contributed by atoms with Crippen molar-refractivity contribution in [1.82, 2.24) is 10.4 Å². The van der Waals surface area contributed by atoms with Crippen LogP contribution in [0, 0.1) is 0 Å². The zero-order chi connectivity index (χ0) is 23.9. The molecule has 0 unspecified atom stereocenters. The minimum Gasteiger partial charge on any atom is -0.488 e. The second-order valence-corrected chi connectivity index (χ2v) is 7.95. The van der Waals surface area contributed by atoms with Crippen LogP contribution in [0.25, 0.3) is 22.2 Å². The Balaban J connectivity index is 1.36. The van der Waals surface area contributed by atoms with Gasteiger partial charge in [-0.25, -0.2) is 10.4 Å². The monoisotopic (exact) mass is 457 g/mol. The van der Waals surface area contributed by atoms with Crippen LogP contribution in [0.3, 0.4) is 0 Å². The standard InChI is InChI=1S/C30H23N3O2/c34-30(26-19-28(23-13-5-2-6-14-23)32-27-17-9-8-16-25(26)27)33-31-20-24-15-7-10-18-29(24)35-21-22-11-3-1-4-12-22/h1-20H,21H2,(H,33,34). The summed E-state index contributed by atoms with van der Waals surface area (Å²) in [7, 11) is 0. The number of ether oxygens (including phenoxy) is 1. The molecule has 1 aromatic heterocycles. The van der Waals surface area contributed by atoms with E-state index in [-0.39, 0.29) is 5.91 Å². The molecule has 1 N–H and O–H groups in total. The molecule has 0 aliphatic carbocycles. The highest BCUT2D eigenvalue weighted by atomic mass is 16.5. The van der Waals surface area contributed by atoms with E-state index in [9.17, 15) is 4.79 Å². The molecule has 5 rings (SSSR count). The van der Waals surface area contributed by atoms with Gasteiger partial charge < -0.3 is 4.74 Å². The Morgan fingerprint density at radius 3 is 2.34 bits per heavy atom. The van der Waals surface area contributed by atoms with Crippen LogP contribution >= 0.6 is 0 Å². The molecule has 0 aliphatic rings. The van der Waals surface area contributed by atoms with E-state index in [0.29, 0.717) is 17.9 Å². The molecule has 0 bridgehead atoms. The van der Waals surface area contributed by atoms with Crippen LogP contribution in [0.15, 0.2) is 120 Å². The molecule has 0 saturated heterocycles. The summed E-state index contributed by atoms with van der Waals surface area (Å²) in [5, 5.41) is 4.99. The third kappa shape index (κ3) is 5.25. The van der Waals surface area contributed by atoms with Crippen LogP contribution in [0.1, 0.15) is 21.5 Å². The average Bonchev–Trinajstić information content (AvgIpc) is 2.93. The first-order valence-corrected chi connectivity index (χ1v) is 11.3. The minimum atomic E-state index is -0.306. The van der Waals surface area contributed by atoms with Gasteiger partial charge in [0.1, 0.15) is 12.4 Å². The van der Waals surface area contributed by atoms with Crippen LogP contribution in [0.4, 0.5) is 0 Å². The van der Waals surface area contributed by atoms with Crippen molar-refractivity contribution >= 4 is 23.0 Å². The summed E-state index contributed by atoms with van der Waals surface area (Å²) in [6.07, 6.45) is 1.60. The second-order valence-electron chi connectivity index (χ2n) is 7.95. The molecular weight excluding hydrogens is 434 g/mol. The molecular formula is C30H23N3O2. The zero-order valence-corrected chi connectivity index (χ0v) is 19.0. The van der Waals surface area contributed by atoms with E-state index >= 15 is 0 Å². The van der Waals surface area contributed by atoms with Gasteiger partial charge in [-0.3, -0.25) is 4.79 Å². The molecule has 0 saturated carbocycles. The van der Waals surface area contributed by atoms with Gasteiger partial charge in [0, 0.05) is 16.5 Å². The number of benzene rings is 4. The lowest BCUT2D eigenvalue weighted by atomic mass is 10.0. The lowest BCUT2D eigenvalue weighted by Crippen LogP contribution is -2.18. The van der Waals surface area contributed by atoms with E-state index < -0.39 is 0 Å². The van der Waals surface area contributed by atoms with E-state index in [1.54, 1.807) is 12.3 Å². The molecule has 1 heterocycles. The quantitative estimate of drug-likeness (QED) is 0.232. The number of para-hydroxylation sites is 2. The predicted molar refractivity (Wildman–Crippen MR) is 139 cm³/mol. The summed E-state index contributed by atoms with van der Waals surface area (Å²) in [4.78, 5) is 17.9. The van der Waals surface area contributed by atoms with Crippen LogP contribution in [-0.2, 0) is 6.61 Å². The minimum absolute atomic E-state index is 0.306. The number of fused-ring (bicyclic) bond motifs is 1. The average molecular weight is 458 g/mol. The number of pyridine rings is 1. The highest BCUT2D eigenvalue weighted by Gasteiger charge is 2.13. The van der Waals surface area contributed by atoms with E-state index in [4.69, 9.17) is 9.72 Å². The molecule has 5 heteroatoms. The fourth-order valence-electron chi connectivity index (χ4n) is 3.79. The summed E-state index contributed by atoms with van der Waals surface area (Å²) in [6.45, 7) is 0.448. The summed E-state index contributed by atoms with van der Waals surface area (Å²) >= 11 is 0. The van der Waals surface area contributed by atoms with Crippen LogP contribution in [0.2, 0.25) is 0 Å². The maximum absolute atomic E-state index is 13.1. The molecule has 5 nitrogen and oxygen atoms in total. The third-order valence-electron chi connectivity index (χ3n) is 5.56. The van der Waals surface area contributed by atoms with Crippen molar-refractivity contribution in [1.29, 1.82) is 0 Å². The number of hydrogen-bond acceptors (Lipinski definition) is 4. The Morgan fingerprint density at radius 1 is 0.829 bits per heavy atom. The summed E-state index contributed by atoms with van der Waals surface area (Å²) < 4.78 is 5.98. The normalized spacial score (nSPS) is 11.0. The first-order valence-electron chi connectivity index (χ1n) is 11.3. The highest BCUT2D eigenvalue weighted by Crippen LogP contribution is 2.25. The summed E-state index contributed by atoms with van der Waals surface area (Å²) in [5.41, 5.74) is 7.46. The molecule has 5 aromatic rings. The van der Waals surface area contributed by atoms with Gasteiger partial charge in [-0.05, 0) is 29.8 Å². The Hall–Kier alpha value is -4.77. The van der Waals surface area contributed by atoms with Crippen molar-refractivity contribution in [2.24, 2.45) is 5.10 Å². The third-order valence-corrected chi connectivity index (χ3v) is 5.56. The lowest BCUT2D eigenvalue weighted by Gasteiger charge is -2.10. The van der Waals surface area contributed by atoms with Crippen LogP contribution in [-0.4, -0.2) is 17.1 Å². The maximum Gasteiger partial charge on any atom is 0.272 e. The maximum atomic E-state index is 13.1. The number of hydrazone groups is 1. The van der Waals surface area contributed by atoms with Gasteiger partial charge in [0.15, 0.2) is 0 Å². The van der Waals surface area contributed by atoms with Crippen molar-refractivity contribution in [3.8, 4) is 17.0 Å². The van der Waals surface area contributed by atoms with Crippen molar-refractivity contribution in [2.75, 3.05) is 0 Å². The second kappa shape index (κ2) is 10.4. The Morgan fingerprint density at radius 2 is 1.51 bits per heavy atom. The predicted octanol–water partition coefficient (Wildman–Crippen LogP) is 6.24. The van der Waals surface area contributed by atoms with Gasteiger partial charge in [0.05, 0.1) is 23.0 Å². The van der Waals surface area contributed by atoms with E-state index in [2.05, 4.69) is 10.5 Å². The topological polar surface area (TPSA) is 63.6 Å². The number of nitrogens with one attached hydrogen (secondary N) is 1. The number of amides is 1. The van der Waals surface area contributed by atoms with Crippen molar-refractivity contribution in [3.05, 3.63) is 132 Å². The van der Waals surface area contributed by atoms with Gasteiger partial charge in [0.2, 0.25) is 0 Å². The van der Waals surface area contributed by atoms with E-state index in [1.807, 2.05) is 109 Å². The summed E-state index contributed by atoms with van der Waals surface area (Å²) in [5.74, 6) is 0.384. The zero-order valence-electron chi connectivity index (χ0n) is 19.0. The molecule has 35 heavy (non-hydrogen) atoms. The number of nitrogens with zero attached hydrogens (tertiary/aromatic N) is 2. The molecule has 0 aliphatic heterocycles. The van der Waals surface area contributed by atoms with Crippen molar-refractivity contribution < 1.29 is 9.53 Å². The number of carbonyl (C=O) groups excluding carboxylic acids is 1. The molecule has 0 atom stereocenters. The number of hydrogen-bond donors (Lipinski definition) is 1. The molecule has 0 fully saturated rings. The molecule has 1 amide bonds. The van der Waals surface area contributed by atoms with E-state index in [1.165, 1.54) is 0 Å². The van der Waals surface area contributed by atoms with Crippen molar-refractivity contribution in [3.63, 3.8) is 0 Å². The lowest BCUT2D eigenvalue weighted by molar-refractivity contribution is 0.0956. The first kappa shape index (κ1) is 22.0. The molecule has 0 radical (unpaired) electrons. The van der Waals surface area contributed by atoms with Crippen LogP contribution < -0.4 is 10.2 Å². The number of rotatable bonds is 7. The number of aromatic nitrogens is 1. The molecule has 4 aromatic carbocycles. The SMILES string of the molecule is O=C(NN=Cc1ccccc1OCc1ccccc1)c1cc(-c2ccccc2)nc2ccccc12. The van der Waals surface area contributed by atoms with Gasteiger partial charge in [0.25, 0.3) is 5.91 Å². The summed E-state index contributed by atoms with van der Waals surface area (Å²) in [6, 6.07) is 36.8. The Kier molecular flexibility index (Phi) is 6.58. The fraction of sp³-hybridized carbons (Fsp3) is 0.0333. The largest absolute Gasteiger partial charge is 0.488 e. The van der Waals surface area contributed by atoms with Gasteiger partial charge in [-0.2, -0.15) is 5.10 Å². The number of carbonyl (C=O) groups is 1. The highest BCUT2D eigenvalue weighted by molar-refractivity contribution is 6.07. The van der Waals surface area contributed by atoms with Gasteiger partial charge in [-0.15, -0.1) is 0 Å². The molecule has 170 valence electrons. The smallest absolute Gasteiger partial charge is 0.272 e. The van der Waals surface area contributed by atoms with Gasteiger partial charge >= 0.3 is 0 Å². The van der Waals surface area contributed by atoms with Gasteiger partial charge in [-0.1, -0.05) is 91.0 Å².